The largest absolute Gasteiger partial charge is 0.390 e. The van der Waals surface area contributed by atoms with Gasteiger partial charge < -0.3 is 15.4 Å². The molecule has 1 heterocycles. The van der Waals surface area contributed by atoms with E-state index in [4.69, 9.17) is 23.2 Å². The SMILES string of the molecule is Cc1cc([N+](=O)[O-])nn1CCC(=O)Nc1ccc(Cl)c(Cl)c1. The van der Waals surface area contributed by atoms with Gasteiger partial charge in [-0.05, 0) is 30.0 Å². The van der Waals surface area contributed by atoms with Gasteiger partial charge in [0.2, 0.25) is 5.91 Å². The van der Waals surface area contributed by atoms with Crippen molar-refractivity contribution in [3.05, 3.63) is 50.1 Å². The van der Waals surface area contributed by atoms with Crippen LogP contribution in [0.2, 0.25) is 10.0 Å². The molecule has 7 nitrogen and oxygen atoms in total. The van der Waals surface area contributed by atoms with E-state index in [9.17, 15) is 14.9 Å². The summed E-state index contributed by atoms with van der Waals surface area (Å²) >= 11 is 11.7. The molecular weight excluding hydrogens is 331 g/mol. The quantitative estimate of drug-likeness (QED) is 0.665. The monoisotopic (exact) mass is 342 g/mol. The average Bonchev–Trinajstić information content (AvgIpc) is 2.82. The van der Waals surface area contributed by atoms with Gasteiger partial charge in [-0.2, -0.15) is 4.68 Å². The number of halogens is 2. The zero-order valence-corrected chi connectivity index (χ0v) is 13.1. The maximum atomic E-state index is 11.9. The Morgan fingerprint density at radius 3 is 2.68 bits per heavy atom. The van der Waals surface area contributed by atoms with E-state index in [2.05, 4.69) is 10.4 Å². The van der Waals surface area contributed by atoms with Crippen LogP contribution < -0.4 is 5.32 Å². The van der Waals surface area contributed by atoms with Crippen molar-refractivity contribution in [1.29, 1.82) is 0 Å². The van der Waals surface area contributed by atoms with Gasteiger partial charge in [-0.3, -0.25) is 4.79 Å². The lowest BCUT2D eigenvalue weighted by atomic mass is 10.3. The Morgan fingerprint density at radius 2 is 2.09 bits per heavy atom. The highest BCUT2D eigenvalue weighted by Crippen LogP contribution is 2.25. The molecule has 0 radical (unpaired) electrons. The fraction of sp³-hybridized carbons (Fsp3) is 0.231. The number of carbonyl (C=O) groups excluding carboxylic acids is 1. The molecule has 0 spiro atoms. The maximum Gasteiger partial charge on any atom is 0.390 e. The van der Waals surface area contributed by atoms with Crippen molar-refractivity contribution in [3.8, 4) is 0 Å². The summed E-state index contributed by atoms with van der Waals surface area (Å²) in [5.41, 5.74) is 1.15. The Hall–Kier alpha value is -2.12. The van der Waals surface area contributed by atoms with Crippen molar-refractivity contribution in [1.82, 2.24) is 9.78 Å². The van der Waals surface area contributed by atoms with Gasteiger partial charge in [-0.1, -0.05) is 23.2 Å². The second kappa shape index (κ2) is 6.76. The van der Waals surface area contributed by atoms with E-state index in [1.165, 1.54) is 10.7 Å². The maximum absolute atomic E-state index is 11.9. The molecule has 0 aliphatic heterocycles. The molecule has 1 N–H and O–H groups in total. The van der Waals surface area contributed by atoms with Gasteiger partial charge in [0.15, 0.2) is 0 Å². The van der Waals surface area contributed by atoms with Crippen LogP contribution in [0.15, 0.2) is 24.3 Å². The first-order valence-electron chi connectivity index (χ1n) is 6.30. The third-order valence-corrected chi connectivity index (χ3v) is 3.65. The van der Waals surface area contributed by atoms with Gasteiger partial charge in [0, 0.05) is 12.1 Å². The number of nitrogens with zero attached hydrogens (tertiary/aromatic N) is 3. The lowest BCUT2D eigenvalue weighted by Gasteiger charge is -2.06. The zero-order valence-electron chi connectivity index (χ0n) is 11.5. The number of aromatic nitrogens is 2. The summed E-state index contributed by atoms with van der Waals surface area (Å²) < 4.78 is 1.42. The minimum atomic E-state index is -0.570. The molecule has 2 rings (SSSR count). The van der Waals surface area contributed by atoms with Crippen molar-refractivity contribution in [2.45, 2.75) is 19.9 Å². The summed E-state index contributed by atoms with van der Waals surface area (Å²) in [5.74, 6) is -0.488. The smallest absolute Gasteiger partial charge is 0.358 e. The standard InChI is InChI=1S/C13H12Cl2N4O3/c1-8-6-12(19(21)22)17-18(8)5-4-13(20)16-9-2-3-10(14)11(15)7-9/h2-3,6-7H,4-5H2,1H3,(H,16,20). The van der Waals surface area contributed by atoms with Gasteiger partial charge in [0.05, 0.1) is 33.4 Å². The highest BCUT2D eigenvalue weighted by molar-refractivity contribution is 6.42. The van der Waals surface area contributed by atoms with Gasteiger partial charge in [-0.15, -0.1) is 0 Å². The van der Waals surface area contributed by atoms with Crippen molar-refractivity contribution in [3.63, 3.8) is 0 Å². The van der Waals surface area contributed by atoms with Gasteiger partial charge >= 0.3 is 5.82 Å². The molecule has 0 aliphatic carbocycles. The molecule has 2 aromatic rings. The predicted molar refractivity (Wildman–Crippen MR) is 83.3 cm³/mol. The molecule has 1 amide bonds. The normalized spacial score (nSPS) is 10.5. The second-order valence-electron chi connectivity index (χ2n) is 4.55. The van der Waals surface area contributed by atoms with Gasteiger partial charge in [-0.25, -0.2) is 0 Å². The number of carbonyl (C=O) groups is 1. The molecule has 0 fully saturated rings. The molecule has 0 saturated carbocycles. The zero-order chi connectivity index (χ0) is 16.3. The van der Waals surface area contributed by atoms with E-state index in [0.29, 0.717) is 21.4 Å². The number of nitrogens with one attached hydrogen (secondary N) is 1. The molecule has 9 heteroatoms. The van der Waals surface area contributed by atoms with Crippen LogP contribution in [0.25, 0.3) is 0 Å². The molecule has 0 bridgehead atoms. The Balaban J connectivity index is 1.95. The average molecular weight is 343 g/mol. The number of anilines is 1. The van der Waals surface area contributed by atoms with Crippen molar-refractivity contribution in [2.24, 2.45) is 0 Å². The Bertz CT molecular complexity index is 730. The van der Waals surface area contributed by atoms with E-state index in [-0.39, 0.29) is 24.7 Å². The van der Waals surface area contributed by atoms with Crippen LogP contribution in [-0.2, 0) is 11.3 Å². The van der Waals surface area contributed by atoms with Crippen LogP contribution >= 0.6 is 23.2 Å². The number of benzene rings is 1. The summed E-state index contributed by atoms with van der Waals surface area (Å²) in [7, 11) is 0. The molecule has 116 valence electrons. The van der Waals surface area contributed by atoms with E-state index >= 15 is 0 Å². The summed E-state index contributed by atoms with van der Waals surface area (Å²) in [4.78, 5) is 21.9. The topological polar surface area (TPSA) is 90.1 Å². The van der Waals surface area contributed by atoms with E-state index in [1.807, 2.05) is 0 Å². The summed E-state index contributed by atoms with van der Waals surface area (Å²) in [6.07, 6.45) is 0.125. The Kier molecular flexibility index (Phi) is 4.99. The van der Waals surface area contributed by atoms with E-state index in [1.54, 1.807) is 25.1 Å². The first-order valence-corrected chi connectivity index (χ1v) is 7.06. The van der Waals surface area contributed by atoms with Crippen LogP contribution in [0.3, 0.4) is 0 Å². The van der Waals surface area contributed by atoms with Crippen LogP contribution in [-0.4, -0.2) is 20.6 Å². The summed E-state index contributed by atoms with van der Waals surface area (Å²) in [6.45, 7) is 1.93. The highest BCUT2D eigenvalue weighted by atomic mass is 35.5. The van der Waals surface area contributed by atoms with Crippen LogP contribution in [0, 0.1) is 17.0 Å². The van der Waals surface area contributed by atoms with Crippen LogP contribution in [0.5, 0.6) is 0 Å². The summed E-state index contributed by atoms with van der Waals surface area (Å²) in [5, 5.41) is 17.9. The van der Waals surface area contributed by atoms with E-state index < -0.39 is 4.92 Å². The number of amides is 1. The number of rotatable bonds is 5. The molecular formula is C13H12Cl2N4O3. The number of aryl methyl sites for hydroxylation is 2. The van der Waals surface area contributed by atoms with Gasteiger partial charge in [0.25, 0.3) is 0 Å². The molecule has 0 saturated heterocycles. The summed E-state index contributed by atoms with van der Waals surface area (Å²) in [6, 6.07) is 6.12. The molecule has 22 heavy (non-hydrogen) atoms. The fourth-order valence-electron chi connectivity index (χ4n) is 1.81. The third-order valence-electron chi connectivity index (χ3n) is 2.91. The minimum Gasteiger partial charge on any atom is -0.358 e. The van der Waals surface area contributed by atoms with Crippen molar-refractivity contribution < 1.29 is 9.72 Å². The Morgan fingerprint density at radius 1 is 1.36 bits per heavy atom. The molecule has 1 aromatic carbocycles. The first-order chi connectivity index (χ1) is 10.4. The van der Waals surface area contributed by atoms with Crippen LogP contribution in [0.4, 0.5) is 11.5 Å². The molecule has 0 atom stereocenters. The number of hydrogen-bond acceptors (Lipinski definition) is 4. The minimum absolute atomic E-state index is 0.125. The van der Waals surface area contributed by atoms with Crippen LogP contribution in [0.1, 0.15) is 12.1 Å². The lowest BCUT2D eigenvalue weighted by Crippen LogP contribution is -2.15. The van der Waals surface area contributed by atoms with Crippen molar-refractivity contribution >= 4 is 40.6 Å². The molecule has 0 unspecified atom stereocenters. The lowest BCUT2D eigenvalue weighted by molar-refractivity contribution is -0.389. The van der Waals surface area contributed by atoms with E-state index in [0.717, 1.165) is 0 Å². The molecule has 0 aliphatic rings. The highest BCUT2D eigenvalue weighted by Gasteiger charge is 2.16. The second-order valence-corrected chi connectivity index (χ2v) is 5.37. The molecule has 1 aromatic heterocycles. The predicted octanol–water partition coefficient (Wildman–Crippen LogP) is 3.44. The fourth-order valence-corrected chi connectivity index (χ4v) is 2.11. The number of hydrogen-bond donors (Lipinski definition) is 1. The van der Waals surface area contributed by atoms with Crippen molar-refractivity contribution in [2.75, 3.05) is 5.32 Å². The third kappa shape index (κ3) is 3.96. The Labute approximate surface area is 136 Å². The number of nitro groups is 1. The first kappa shape index (κ1) is 16.3. The van der Waals surface area contributed by atoms with Gasteiger partial charge in [0.1, 0.15) is 0 Å².